The lowest BCUT2D eigenvalue weighted by Crippen LogP contribution is -2.30. The lowest BCUT2D eigenvalue weighted by atomic mass is 10.2. The molecule has 1 amide bonds. The highest BCUT2D eigenvalue weighted by atomic mass is 35.5. The third kappa shape index (κ3) is 6.78. The van der Waals surface area contributed by atoms with Crippen molar-refractivity contribution < 1.29 is 19.1 Å². The highest BCUT2D eigenvalue weighted by molar-refractivity contribution is 6.30. The van der Waals surface area contributed by atoms with Gasteiger partial charge in [-0.3, -0.25) is 4.79 Å². The molecule has 0 aromatic heterocycles. The van der Waals surface area contributed by atoms with E-state index in [0.29, 0.717) is 22.5 Å². The number of carbonyl (C=O) groups excluding carboxylic acids is 2. The van der Waals surface area contributed by atoms with Crippen LogP contribution in [0.4, 0.5) is 11.4 Å². The van der Waals surface area contributed by atoms with Gasteiger partial charge in [0.1, 0.15) is 5.75 Å². The SMILES string of the molecule is CCN(c1ccc(NC(=O)COC(=O)COc2ccc(Cl)cc2)cc1)C(C)C. The van der Waals surface area contributed by atoms with Crippen LogP contribution < -0.4 is 15.0 Å². The van der Waals surface area contributed by atoms with Gasteiger partial charge in [0.25, 0.3) is 5.91 Å². The van der Waals surface area contributed by atoms with Crippen molar-refractivity contribution >= 4 is 34.9 Å². The highest BCUT2D eigenvalue weighted by Crippen LogP contribution is 2.20. The standard InChI is InChI=1S/C21H25ClN2O4/c1-4-24(15(2)3)18-9-7-17(8-10-18)23-20(25)13-28-21(26)14-27-19-11-5-16(22)6-12-19/h5-12,15H,4,13-14H2,1-3H3,(H,23,25). The van der Waals surface area contributed by atoms with Crippen LogP contribution in [0.25, 0.3) is 0 Å². The molecule has 0 fully saturated rings. The number of nitrogens with one attached hydrogen (secondary N) is 1. The summed E-state index contributed by atoms with van der Waals surface area (Å²) in [5.41, 5.74) is 1.73. The van der Waals surface area contributed by atoms with E-state index in [9.17, 15) is 9.59 Å². The van der Waals surface area contributed by atoms with Gasteiger partial charge in [-0.25, -0.2) is 4.79 Å². The number of hydrogen-bond acceptors (Lipinski definition) is 5. The molecule has 0 aliphatic heterocycles. The van der Waals surface area contributed by atoms with Gasteiger partial charge >= 0.3 is 5.97 Å². The minimum absolute atomic E-state index is 0.286. The fraction of sp³-hybridized carbons (Fsp3) is 0.333. The number of nitrogens with zero attached hydrogens (tertiary/aromatic N) is 1. The summed E-state index contributed by atoms with van der Waals surface area (Å²) in [5, 5.41) is 3.28. The number of carbonyl (C=O) groups is 2. The molecule has 6 nitrogen and oxygen atoms in total. The molecule has 7 heteroatoms. The smallest absolute Gasteiger partial charge is 0.344 e. The molecule has 0 aliphatic carbocycles. The van der Waals surface area contributed by atoms with Gasteiger partial charge in [-0.05, 0) is 69.3 Å². The molecule has 150 valence electrons. The zero-order valence-electron chi connectivity index (χ0n) is 16.3. The summed E-state index contributed by atoms with van der Waals surface area (Å²) in [4.78, 5) is 25.9. The van der Waals surface area contributed by atoms with Crippen molar-refractivity contribution in [3.63, 3.8) is 0 Å². The number of anilines is 2. The Labute approximate surface area is 170 Å². The van der Waals surface area contributed by atoms with Crippen LogP contribution in [0, 0.1) is 0 Å². The van der Waals surface area contributed by atoms with Gasteiger partial charge in [-0.1, -0.05) is 11.6 Å². The van der Waals surface area contributed by atoms with E-state index in [-0.39, 0.29) is 13.2 Å². The molecule has 2 aromatic rings. The lowest BCUT2D eigenvalue weighted by Gasteiger charge is -2.27. The second kappa shape index (κ2) is 10.6. The molecule has 0 bridgehead atoms. The third-order valence-electron chi connectivity index (χ3n) is 3.98. The molecule has 2 rings (SSSR count). The summed E-state index contributed by atoms with van der Waals surface area (Å²) in [6.45, 7) is 6.59. The van der Waals surface area contributed by atoms with Crippen molar-refractivity contribution in [3.8, 4) is 5.75 Å². The topological polar surface area (TPSA) is 67.9 Å². The van der Waals surface area contributed by atoms with E-state index in [1.165, 1.54) is 0 Å². The molecule has 1 N–H and O–H groups in total. The maximum absolute atomic E-state index is 12.0. The predicted molar refractivity (Wildman–Crippen MR) is 111 cm³/mol. The fourth-order valence-corrected chi connectivity index (χ4v) is 2.77. The minimum Gasteiger partial charge on any atom is -0.482 e. The molecule has 0 saturated heterocycles. The molecular weight excluding hydrogens is 380 g/mol. The third-order valence-corrected chi connectivity index (χ3v) is 4.23. The first-order valence-corrected chi connectivity index (χ1v) is 9.47. The number of hydrogen-bond donors (Lipinski definition) is 1. The minimum atomic E-state index is -0.629. The maximum Gasteiger partial charge on any atom is 0.344 e. The van der Waals surface area contributed by atoms with Gasteiger partial charge < -0.3 is 19.7 Å². The number of amides is 1. The first-order chi connectivity index (χ1) is 13.4. The van der Waals surface area contributed by atoms with Crippen LogP contribution in [0.5, 0.6) is 5.75 Å². The van der Waals surface area contributed by atoms with Crippen molar-refractivity contribution in [1.82, 2.24) is 0 Å². The molecule has 28 heavy (non-hydrogen) atoms. The predicted octanol–water partition coefficient (Wildman–Crippen LogP) is 4.14. The van der Waals surface area contributed by atoms with Crippen molar-refractivity contribution in [2.75, 3.05) is 30.0 Å². The molecule has 0 spiro atoms. The Morgan fingerprint density at radius 2 is 1.68 bits per heavy atom. The Hall–Kier alpha value is -2.73. The molecule has 0 radical (unpaired) electrons. The number of halogens is 1. The molecule has 0 heterocycles. The van der Waals surface area contributed by atoms with Gasteiger partial charge in [0.15, 0.2) is 13.2 Å². The first-order valence-electron chi connectivity index (χ1n) is 9.09. The quantitative estimate of drug-likeness (QED) is 0.636. The van der Waals surface area contributed by atoms with Crippen molar-refractivity contribution in [2.45, 2.75) is 26.8 Å². The Balaban J connectivity index is 1.75. The molecule has 0 atom stereocenters. The van der Waals surface area contributed by atoms with Crippen LogP contribution in [-0.2, 0) is 14.3 Å². The highest BCUT2D eigenvalue weighted by Gasteiger charge is 2.11. The summed E-state index contributed by atoms with van der Waals surface area (Å²) in [6, 6.07) is 14.5. The van der Waals surface area contributed by atoms with E-state index in [0.717, 1.165) is 12.2 Å². The van der Waals surface area contributed by atoms with Crippen LogP contribution in [0.2, 0.25) is 5.02 Å². The van der Waals surface area contributed by atoms with Gasteiger partial charge in [0, 0.05) is 29.0 Å². The van der Waals surface area contributed by atoms with Crippen molar-refractivity contribution in [1.29, 1.82) is 0 Å². The maximum atomic E-state index is 12.0. The van der Waals surface area contributed by atoms with E-state index in [1.54, 1.807) is 24.3 Å². The number of benzene rings is 2. The van der Waals surface area contributed by atoms with Crippen LogP contribution in [0.1, 0.15) is 20.8 Å². The summed E-state index contributed by atoms with van der Waals surface area (Å²) in [5.74, 6) is -0.548. The number of esters is 1. The van der Waals surface area contributed by atoms with Gasteiger partial charge in [0.05, 0.1) is 0 Å². The largest absolute Gasteiger partial charge is 0.482 e. The Morgan fingerprint density at radius 1 is 1.04 bits per heavy atom. The van der Waals surface area contributed by atoms with Crippen molar-refractivity contribution in [3.05, 3.63) is 53.6 Å². The number of ether oxygens (including phenoxy) is 2. The van der Waals surface area contributed by atoms with E-state index in [1.807, 2.05) is 24.3 Å². The molecule has 0 aliphatic rings. The van der Waals surface area contributed by atoms with E-state index >= 15 is 0 Å². The summed E-state index contributed by atoms with van der Waals surface area (Å²) < 4.78 is 10.2. The van der Waals surface area contributed by atoms with Crippen LogP contribution in [0.15, 0.2) is 48.5 Å². The molecule has 0 unspecified atom stereocenters. The summed E-state index contributed by atoms with van der Waals surface area (Å²) in [7, 11) is 0. The first kappa shape index (κ1) is 21.6. The van der Waals surface area contributed by atoms with E-state index in [4.69, 9.17) is 21.1 Å². The lowest BCUT2D eigenvalue weighted by molar-refractivity contribution is -0.149. The van der Waals surface area contributed by atoms with Gasteiger partial charge in [0.2, 0.25) is 0 Å². The Morgan fingerprint density at radius 3 is 2.25 bits per heavy atom. The number of rotatable bonds is 9. The average Bonchev–Trinajstić information content (AvgIpc) is 2.67. The second-order valence-electron chi connectivity index (χ2n) is 6.38. The zero-order valence-corrected chi connectivity index (χ0v) is 17.0. The Bertz CT molecular complexity index is 776. The van der Waals surface area contributed by atoms with Crippen LogP contribution in [-0.4, -0.2) is 37.7 Å². The van der Waals surface area contributed by atoms with Gasteiger partial charge in [-0.15, -0.1) is 0 Å². The normalized spacial score (nSPS) is 10.5. The second-order valence-corrected chi connectivity index (χ2v) is 6.81. The molecule has 2 aromatic carbocycles. The zero-order chi connectivity index (χ0) is 20.5. The van der Waals surface area contributed by atoms with E-state index < -0.39 is 11.9 Å². The molecule has 0 saturated carbocycles. The summed E-state index contributed by atoms with van der Waals surface area (Å²) >= 11 is 5.78. The monoisotopic (exact) mass is 404 g/mol. The average molecular weight is 405 g/mol. The van der Waals surface area contributed by atoms with Crippen LogP contribution >= 0.6 is 11.6 Å². The fourth-order valence-electron chi connectivity index (χ4n) is 2.64. The Kier molecular flexibility index (Phi) is 8.14. The van der Waals surface area contributed by atoms with E-state index in [2.05, 4.69) is 31.0 Å². The molecular formula is C21H25ClN2O4. The van der Waals surface area contributed by atoms with Crippen molar-refractivity contribution in [2.24, 2.45) is 0 Å². The van der Waals surface area contributed by atoms with Crippen LogP contribution in [0.3, 0.4) is 0 Å². The van der Waals surface area contributed by atoms with Gasteiger partial charge in [-0.2, -0.15) is 0 Å². The summed E-state index contributed by atoms with van der Waals surface area (Å²) in [6.07, 6.45) is 0.